The predicted molar refractivity (Wildman–Crippen MR) is 100 cm³/mol. The Bertz CT molecular complexity index is 894. The summed E-state index contributed by atoms with van der Waals surface area (Å²) in [6.07, 6.45) is 0.783. The van der Waals surface area contributed by atoms with Crippen molar-refractivity contribution in [2.75, 3.05) is 0 Å². The van der Waals surface area contributed by atoms with E-state index >= 15 is 0 Å². The van der Waals surface area contributed by atoms with E-state index < -0.39 is 0 Å². The number of aliphatic imine (C=N–C) groups is 1. The van der Waals surface area contributed by atoms with E-state index in [2.05, 4.69) is 18.1 Å². The first-order valence-electron chi connectivity index (χ1n) is 8.35. The van der Waals surface area contributed by atoms with Crippen LogP contribution < -0.4 is 0 Å². The number of rotatable bonds is 3. The number of ketones is 1. The van der Waals surface area contributed by atoms with Gasteiger partial charge in [-0.1, -0.05) is 41.6 Å². The molecule has 1 aliphatic rings. The molecule has 0 bridgehead atoms. The summed E-state index contributed by atoms with van der Waals surface area (Å²) in [5, 5.41) is 13.0. The van der Waals surface area contributed by atoms with E-state index in [0.29, 0.717) is 11.3 Å². The highest BCUT2D eigenvalue weighted by Crippen LogP contribution is 2.30. The van der Waals surface area contributed by atoms with E-state index in [-0.39, 0.29) is 17.0 Å². The lowest BCUT2D eigenvalue weighted by atomic mass is 9.83. The summed E-state index contributed by atoms with van der Waals surface area (Å²) in [4.78, 5) is 17.6. The first-order chi connectivity index (χ1) is 11.8. The van der Waals surface area contributed by atoms with E-state index in [1.54, 1.807) is 24.3 Å². The molecule has 0 saturated carbocycles. The van der Waals surface area contributed by atoms with Gasteiger partial charge in [0.05, 0.1) is 11.3 Å². The zero-order valence-corrected chi connectivity index (χ0v) is 15.0. The van der Waals surface area contributed by atoms with Crippen molar-refractivity contribution in [3.63, 3.8) is 0 Å². The fraction of sp³-hybridized carbons (Fsp3) is 0.286. The van der Waals surface area contributed by atoms with Gasteiger partial charge in [-0.25, -0.2) is 0 Å². The van der Waals surface area contributed by atoms with Gasteiger partial charge >= 0.3 is 0 Å². The molecule has 1 heterocycles. The molecule has 1 N–H and O–H groups in total. The Kier molecular flexibility index (Phi) is 4.29. The maximum absolute atomic E-state index is 12.9. The van der Waals surface area contributed by atoms with Crippen molar-refractivity contribution in [1.29, 1.82) is 0 Å². The quantitative estimate of drug-likeness (QED) is 0.397. The summed E-state index contributed by atoms with van der Waals surface area (Å²) in [5.41, 5.74) is 4.89. The van der Waals surface area contributed by atoms with Crippen LogP contribution in [0.3, 0.4) is 0 Å². The van der Waals surface area contributed by atoms with Crippen molar-refractivity contribution in [1.82, 2.24) is 0 Å². The Morgan fingerprint density at radius 3 is 2.40 bits per heavy atom. The Morgan fingerprint density at radius 1 is 1.12 bits per heavy atom. The normalized spacial score (nSPS) is 16.2. The van der Waals surface area contributed by atoms with E-state index in [4.69, 9.17) is 4.99 Å². The molecule has 2 aromatic rings. The molecule has 0 amide bonds. The number of oxime groups is 1. The van der Waals surface area contributed by atoms with Gasteiger partial charge in [-0.3, -0.25) is 9.79 Å². The molecule has 1 aliphatic heterocycles. The summed E-state index contributed by atoms with van der Waals surface area (Å²) in [7, 11) is 0. The van der Waals surface area contributed by atoms with Crippen LogP contribution in [-0.2, 0) is 6.42 Å². The van der Waals surface area contributed by atoms with Gasteiger partial charge in [0, 0.05) is 11.1 Å². The van der Waals surface area contributed by atoms with Gasteiger partial charge in [0.2, 0.25) is 5.78 Å². The molecule has 0 radical (unpaired) electrons. The number of aryl methyl sites for hydroxylation is 2. The van der Waals surface area contributed by atoms with E-state index in [0.717, 1.165) is 23.1 Å². The molecule has 0 aliphatic carbocycles. The molecular formula is C21H22N2O2. The van der Waals surface area contributed by atoms with Crippen LogP contribution in [0.4, 0.5) is 0 Å². The second-order valence-corrected chi connectivity index (χ2v) is 7.19. The number of hydrogen-bond donors (Lipinski definition) is 1. The molecule has 25 heavy (non-hydrogen) atoms. The topological polar surface area (TPSA) is 62.0 Å². The predicted octanol–water partition coefficient (Wildman–Crippen LogP) is 4.14. The average molecular weight is 334 g/mol. The van der Waals surface area contributed by atoms with Crippen LogP contribution >= 0.6 is 0 Å². The summed E-state index contributed by atoms with van der Waals surface area (Å²) < 4.78 is 0. The summed E-state index contributed by atoms with van der Waals surface area (Å²) in [5.74, 6) is -0.330. The van der Waals surface area contributed by atoms with Crippen molar-refractivity contribution in [2.24, 2.45) is 10.1 Å². The first kappa shape index (κ1) is 17.1. The number of carbonyl (C=O) groups excluding carboxylic acids is 1. The highest BCUT2D eigenvalue weighted by molar-refractivity contribution is 6.73. The second-order valence-electron chi connectivity index (χ2n) is 7.19. The van der Waals surface area contributed by atoms with Gasteiger partial charge in [0.25, 0.3) is 0 Å². The molecule has 0 fully saturated rings. The SMILES string of the molecule is Cc1cc2c(cc1C)C(/C(=N\O)C(=O)c1ccccc1)=NC(C)(C)C2. The van der Waals surface area contributed by atoms with Crippen molar-refractivity contribution < 1.29 is 10.0 Å². The van der Waals surface area contributed by atoms with Crippen LogP contribution in [0.1, 0.15) is 46.5 Å². The van der Waals surface area contributed by atoms with Crippen molar-refractivity contribution in [3.05, 3.63) is 70.3 Å². The number of hydrogen-bond acceptors (Lipinski definition) is 4. The van der Waals surface area contributed by atoms with Crippen LogP contribution in [-0.4, -0.2) is 28.0 Å². The van der Waals surface area contributed by atoms with E-state index in [9.17, 15) is 10.0 Å². The van der Waals surface area contributed by atoms with Crippen molar-refractivity contribution in [3.8, 4) is 0 Å². The summed E-state index contributed by atoms with van der Waals surface area (Å²) in [6, 6.07) is 13.0. The molecule has 128 valence electrons. The zero-order valence-electron chi connectivity index (χ0n) is 15.0. The van der Waals surface area contributed by atoms with Gasteiger partial charge in [-0.2, -0.15) is 0 Å². The molecule has 4 nitrogen and oxygen atoms in total. The molecule has 0 saturated heterocycles. The van der Waals surface area contributed by atoms with Gasteiger partial charge < -0.3 is 5.21 Å². The minimum Gasteiger partial charge on any atom is -0.410 e. The van der Waals surface area contributed by atoms with Gasteiger partial charge in [-0.15, -0.1) is 0 Å². The highest BCUT2D eigenvalue weighted by atomic mass is 16.4. The Hall–Kier alpha value is -2.75. The summed E-state index contributed by atoms with van der Waals surface area (Å²) in [6.45, 7) is 8.15. The van der Waals surface area contributed by atoms with Crippen LogP contribution in [0.5, 0.6) is 0 Å². The fourth-order valence-electron chi connectivity index (χ4n) is 3.22. The molecule has 0 aromatic heterocycles. The number of benzene rings is 2. The summed E-state index contributed by atoms with van der Waals surface area (Å²) >= 11 is 0. The maximum Gasteiger partial charge on any atom is 0.216 e. The highest BCUT2D eigenvalue weighted by Gasteiger charge is 2.32. The van der Waals surface area contributed by atoms with Gasteiger partial charge in [0.1, 0.15) is 0 Å². The lowest BCUT2D eigenvalue weighted by Crippen LogP contribution is -2.35. The molecule has 2 aromatic carbocycles. The van der Waals surface area contributed by atoms with E-state index in [1.807, 2.05) is 32.9 Å². The second kappa shape index (κ2) is 6.28. The van der Waals surface area contributed by atoms with E-state index in [1.165, 1.54) is 5.56 Å². The van der Waals surface area contributed by atoms with Gasteiger partial charge in [0.15, 0.2) is 5.71 Å². The number of Topliss-reactive ketones (excluding diaryl/α,β-unsaturated/α-hetero) is 1. The number of nitrogens with zero attached hydrogens (tertiary/aromatic N) is 2. The number of fused-ring (bicyclic) bond motifs is 1. The Morgan fingerprint density at radius 2 is 1.76 bits per heavy atom. The minimum atomic E-state index is -0.364. The molecule has 0 unspecified atom stereocenters. The van der Waals surface area contributed by atoms with Crippen molar-refractivity contribution >= 4 is 17.2 Å². The molecular weight excluding hydrogens is 312 g/mol. The fourth-order valence-corrected chi connectivity index (χ4v) is 3.22. The first-order valence-corrected chi connectivity index (χ1v) is 8.35. The van der Waals surface area contributed by atoms with Crippen LogP contribution in [0.25, 0.3) is 0 Å². The monoisotopic (exact) mass is 334 g/mol. The molecule has 3 rings (SSSR count). The number of carbonyl (C=O) groups is 1. The maximum atomic E-state index is 12.9. The lowest BCUT2D eigenvalue weighted by molar-refractivity contribution is 0.106. The molecule has 4 heteroatoms. The smallest absolute Gasteiger partial charge is 0.216 e. The van der Waals surface area contributed by atoms with Gasteiger partial charge in [-0.05, 0) is 56.9 Å². The lowest BCUT2D eigenvalue weighted by Gasteiger charge is -2.29. The standard InChI is InChI=1S/C21H22N2O2/c1-13-10-16-12-21(3,4)22-18(17(16)11-14(13)2)19(23-25)20(24)15-8-6-5-7-9-15/h5-11,25H,12H2,1-4H3/b23-19+. The Balaban J connectivity index is 2.15. The minimum absolute atomic E-state index is 0.0107. The van der Waals surface area contributed by atoms with Crippen LogP contribution in [0.15, 0.2) is 52.6 Å². The zero-order chi connectivity index (χ0) is 18.2. The average Bonchev–Trinajstić information content (AvgIpc) is 2.57. The third kappa shape index (κ3) is 3.25. The third-order valence-corrected chi connectivity index (χ3v) is 4.59. The van der Waals surface area contributed by atoms with Crippen LogP contribution in [0.2, 0.25) is 0 Å². The molecule has 0 atom stereocenters. The van der Waals surface area contributed by atoms with Crippen molar-refractivity contribution in [2.45, 2.75) is 39.7 Å². The van der Waals surface area contributed by atoms with Crippen LogP contribution in [0, 0.1) is 13.8 Å². The third-order valence-electron chi connectivity index (χ3n) is 4.59. The Labute approximate surface area is 147 Å². The largest absolute Gasteiger partial charge is 0.410 e. The molecule has 0 spiro atoms.